The van der Waals surface area contributed by atoms with Crippen LogP contribution in [0.2, 0.25) is 0 Å². The molecule has 2 rings (SSSR count). The summed E-state index contributed by atoms with van der Waals surface area (Å²) in [6.45, 7) is 0. The van der Waals surface area contributed by atoms with E-state index in [4.69, 9.17) is 0 Å². The third-order valence-corrected chi connectivity index (χ3v) is 3.62. The maximum Gasteiger partial charge on any atom is 0.252 e. The first kappa shape index (κ1) is 14.5. The number of carbonyl (C=O) groups excluding carboxylic acids is 2. The van der Waals surface area contributed by atoms with E-state index in [1.165, 1.54) is 0 Å². The summed E-state index contributed by atoms with van der Waals surface area (Å²) in [6.07, 6.45) is 10.8. The van der Waals surface area contributed by atoms with Crippen molar-refractivity contribution in [3.63, 3.8) is 0 Å². The molecule has 0 bridgehead atoms. The van der Waals surface area contributed by atoms with Crippen molar-refractivity contribution in [2.45, 2.75) is 44.6 Å². The van der Waals surface area contributed by atoms with Gasteiger partial charge in [-0.1, -0.05) is 36.8 Å². The fraction of sp³-hybridized carbons (Fsp3) is 0.412. The van der Waals surface area contributed by atoms with Gasteiger partial charge in [0.15, 0.2) is 0 Å². The average molecular weight is 271 g/mol. The molecule has 1 aliphatic rings. The number of aryl methyl sites for hydroxylation is 1. The first-order valence-corrected chi connectivity index (χ1v) is 7.30. The minimum atomic E-state index is -0.437. The molecule has 1 heterocycles. The summed E-state index contributed by atoms with van der Waals surface area (Å²) >= 11 is 0. The molecule has 0 saturated carbocycles. The third kappa shape index (κ3) is 4.05. The van der Waals surface area contributed by atoms with E-state index in [0.29, 0.717) is 12.0 Å². The lowest BCUT2D eigenvalue weighted by atomic mass is 10.0. The average Bonchev–Trinajstić information content (AvgIpc) is 2.49. The number of aldehydes is 1. The highest BCUT2D eigenvalue weighted by Crippen LogP contribution is 2.14. The molecular formula is C17H21NO2. The molecule has 1 aromatic rings. The lowest BCUT2D eigenvalue weighted by molar-refractivity contribution is -0.109. The quantitative estimate of drug-likeness (QED) is 0.630. The maximum atomic E-state index is 12.3. The molecule has 0 fully saturated rings. The standard InChI is InChI=1S/C17H21NO2/c19-13-15-11-6-4-2-1-3-5-9-14-10-7-8-12-16(14)17(20)18-15/h4,6-8,10,12-13,15H,1-3,5,9,11H2,(H,18,20)/t15-/m0/s1. The highest BCUT2D eigenvalue weighted by molar-refractivity contribution is 5.97. The fourth-order valence-electron chi connectivity index (χ4n) is 2.47. The summed E-state index contributed by atoms with van der Waals surface area (Å²) in [5.74, 6) is -0.148. The molecule has 106 valence electrons. The summed E-state index contributed by atoms with van der Waals surface area (Å²) in [7, 11) is 0. The largest absolute Gasteiger partial charge is 0.342 e. The van der Waals surface area contributed by atoms with Crippen molar-refractivity contribution in [3.05, 3.63) is 47.5 Å². The Bertz CT molecular complexity index is 494. The Morgan fingerprint density at radius 1 is 1.10 bits per heavy atom. The van der Waals surface area contributed by atoms with E-state index < -0.39 is 6.04 Å². The van der Waals surface area contributed by atoms with Crippen LogP contribution in [0.15, 0.2) is 36.4 Å². The third-order valence-electron chi connectivity index (χ3n) is 3.62. The number of hydrogen-bond acceptors (Lipinski definition) is 2. The first-order valence-electron chi connectivity index (χ1n) is 7.30. The zero-order valence-corrected chi connectivity index (χ0v) is 11.7. The molecule has 0 spiro atoms. The van der Waals surface area contributed by atoms with Gasteiger partial charge in [-0.2, -0.15) is 0 Å². The molecule has 0 saturated heterocycles. The second-order valence-corrected chi connectivity index (χ2v) is 5.18. The van der Waals surface area contributed by atoms with E-state index in [-0.39, 0.29) is 5.91 Å². The van der Waals surface area contributed by atoms with Crippen LogP contribution in [0.25, 0.3) is 0 Å². The van der Waals surface area contributed by atoms with E-state index in [9.17, 15) is 9.59 Å². The molecule has 1 amide bonds. The van der Waals surface area contributed by atoms with Gasteiger partial charge >= 0.3 is 0 Å². The maximum absolute atomic E-state index is 12.3. The minimum absolute atomic E-state index is 0.148. The molecular weight excluding hydrogens is 250 g/mol. The molecule has 0 aromatic heterocycles. The van der Waals surface area contributed by atoms with Crippen molar-refractivity contribution in [1.29, 1.82) is 0 Å². The SMILES string of the molecule is O=C[C@@H]1CC=CCCCCCc2ccccc2C(=O)N1. The van der Waals surface area contributed by atoms with E-state index in [0.717, 1.165) is 44.0 Å². The zero-order valence-electron chi connectivity index (χ0n) is 11.7. The van der Waals surface area contributed by atoms with Crippen molar-refractivity contribution >= 4 is 12.2 Å². The predicted molar refractivity (Wildman–Crippen MR) is 79.7 cm³/mol. The smallest absolute Gasteiger partial charge is 0.252 e. The summed E-state index contributed by atoms with van der Waals surface area (Å²) < 4.78 is 0. The van der Waals surface area contributed by atoms with E-state index in [1.54, 1.807) is 0 Å². The summed E-state index contributed by atoms with van der Waals surface area (Å²) in [5, 5.41) is 2.80. The molecule has 3 heteroatoms. The van der Waals surface area contributed by atoms with Crippen LogP contribution in [-0.2, 0) is 11.2 Å². The van der Waals surface area contributed by atoms with Crippen molar-refractivity contribution in [2.24, 2.45) is 0 Å². The van der Waals surface area contributed by atoms with Gasteiger partial charge < -0.3 is 10.1 Å². The Kier molecular flexibility index (Phi) is 5.54. The van der Waals surface area contributed by atoms with Crippen LogP contribution in [-0.4, -0.2) is 18.2 Å². The van der Waals surface area contributed by atoms with Gasteiger partial charge in [-0.05, 0) is 43.7 Å². The van der Waals surface area contributed by atoms with Gasteiger partial charge in [0.1, 0.15) is 6.29 Å². The van der Waals surface area contributed by atoms with Gasteiger partial charge in [-0.3, -0.25) is 4.79 Å². The number of benzene rings is 1. The Hall–Kier alpha value is -1.90. The highest BCUT2D eigenvalue weighted by Gasteiger charge is 2.15. The van der Waals surface area contributed by atoms with Gasteiger partial charge in [0.2, 0.25) is 0 Å². The van der Waals surface area contributed by atoms with Crippen LogP contribution in [0, 0.1) is 0 Å². The normalized spacial score (nSPS) is 20.8. The molecule has 0 radical (unpaired) electrons. The van der Waals surface area contributed by atoms with E-state index in [1.807, 2.05) is 30.3 Å². The van der Waals surface area contributed by atoms with Gasteiger partial charge in [-0.15, -0.1) is 0 Å². The van der Waals surface area contributed by atoms with Gasteiger partial charge in [0.05, 0.1) is 6.04 Å². The van der Waals surface area contributed by atoms with E-state index in [2.05, 4.69) is 11.4 Å². The number of rotatable bonds is 1. The molecule has 3 nitrogen and oxygen atoms in total. The van der Waals surface area contributed by atoms with Gasteiger partial charge in [0.25, 0.3) is 5.91 Å². The van der Waals surface area contributed by atoms with Crippen LogP contribution in [0.4, 0.5) is 0 Å². The second-order valence-electron chi connectivity index (χ2n) is 5.18. The molecule has 1 aliphatic heterocycles. The lowest BCUT2D eigenvalue weighted by Gasteiger charge is -2.13. The fourth-order valence-corrected chi connectivity index (χ4v) is 2.47. The number of fused-ring (bicyclic) bond motifs is 1. The summed E-state index contributed by atoms with van der Waals surface area (Å²) in [4.78, 5) is 23.3. The topological polar surface area (TPSA) is 46.2 Å². The van der Waals surface area contributed by atoms with Crippen molar-refractivity contribution < 1.29 is 9.59 Å². The molecule has 0 aliphatic carbocycles. The number of carbonyl (C=O) groups is 2. The van der Waals surface area contributed by atoms with Crippen LogP contribution in [0.5, 0.6) is 0 Å². The van der Waals surface area contributed by atoms with Crippen molar-refractivity contribution in [2.75, 3.05) is 0 Å². The Morgan fingerprint density at radius 3 is 2.80 bits per heavy atom. The number of amides is 1. The first-order chi connectivity index (χ1) is 9.81. The minimum Gasteiger partial charge on any atom is -0.342 e. The molecule has 0 unspecified atom stereocenters. The molecule has 1 aromatic carbocycles. The number of hydrogen-bond donors (Lipinski definition) is 1. The van der Waals surface area contributed by atoms with Crippen molar-refractivity contribution in [1.82, 2.24) is 5.32 Å². The van der Waals surface area contributed by atoms with Crippen LogP contribution in [0.1, 0.15) is 48.0 Å². The molecule has 1 atom stereocenters. The Morgan fingerprint density at radius 2 is 1.95 bits per heavy atom. The summed E-state index contributed by atoms with van der Waals surface area (Å²) in [6, 6.07) is 7.23. The van der Waals surface area contributed by atoms with Crippen molar-refractivity contribution in [3.8, 4) is 0 Å². The number of nitrogens with one attached hydrogen (secondary N) is 1. The highest BCUT2D eigenvalue weighted by atomic mass is 16.2. The Balaban J connectivity index is 2.20. The molecule has 20 heavy (non-hydrogen) atoms. The zero-order chi connectivity index (χ0) is 14.2. The lowest BCUT2D eigenvalue weighted by Crippen LogP contribution is -2.36. The van der Waals surface area contributed by atoms with Gasteiger partial charge in [0, 0.05) is 5.56 Å². The van der Waals surface area contributed by atoms with Gasteiger partial charge in [-0.25, -0.2) is 0 Å². The van der Waals surface area contributed by atoms with Crippen LogP contribution in [0.3, 0.4) is 0 Å². The predicted octanol–water partition coefficient (Wildman–Crippen LogP) is 3.05. The number of allylic oxidation sites excluding steroid dienone is 1. The molecule has 1 N–H and O–H groups in total. The Labute approximate surface area is 120 Å². The van der Waals surface area contributed by atoms with Crippen LogP contribution >= 0.6 is 0 Å². The van der Waals surface area contributed by atoms with E-state index >= 15 is 0 Å². The van der Waals surface area contributed by atoms with Crippen LogP contribution < -0.4 is 5.32 Å². The summed E-state index contributed by atoms with van der Waals surface area (Å²) in [5.41, 5.74) is 1.77. The monoisotopic (exact) mass is 271 g/mol. The second kappa shape index (κ2) is 7.63.